The molecule has 17 heavy (non-hydrogen) atoms. The molecule has 1 N–H and O–H groups in total. The predicted octanol–water partition coefficient (Wildman–Crippen LogP) is 5.46. The van der Waals surface area contributed by atoms with Gasteiger partial charge in [0, 0.05) is 13.5 Å². The topological polar surface area (TPSA) is 20.2 Å². The minimum absolute atomic E-state index is 0.184. The van der Waals surface area contributed by atoms with Gasteiger partial charge in [-0.3, -0.25) is 0 Å². The normalized spacial score (nSPS) is 18.8. The maximum atomic E-state index is 8.69. The van der Waals surface area contributed by atoms with Crippen LogP contribution in [0.4, 0.5) is 0 Å². The Morgan fingerprint density at radius 1 is 0.706 bits per heavy atom. The molecule has 0 rings (SSSR count). The van der Waals surface area contributed by atoms with Crippen LogP contribution in [0.1, 0.15) is 104 Å². The van der Waals surface area contributed by atoms with E-state index in [1.54, 1.807) is 0 Å². The van der Waals surface area contributed by atoms with Crippen molar-refractivity contribution in [3.8, 4) is 0 Å². The van der Waals surface area contributed by atoms with Gasteiger partial charge in [-0.25, -0.2) is 0 Å². The highest BCUT2D eigenvalue weighted by Crippen LogP contribution is 2.12. The van der Waals surface area contributed by atoms with Crippen LogP contribution in [0, 0.1) is 0 Å². The summed E-state index contributed by atoms with van der Waals surface area (Å²) in [5.74, 6) is 0. The van der Waals surface area contributed by atoms with E-state index >= 15 is 0 Å². The van der Waals surface area contributed by atoms with Crippen molar-refractivity contribution in [1.82, 2.24) is 0 Å². The molecule has 0 spiro atoms. The molecule has 1 nitrogen and oxygen atoms in total. The lowest BCUT2D eigenvalue weighted by molar-refractivity contribution is 0.282. The van der Waals surface area contributed by atoms with Crippen LogP contribution in [-0.2, 0) is 0 Å². The van der Waals surface area contributed by atoms with Crippen molar-refractivity contribution in [1.29, 1.82) is 0 Å². The maximum Gasteiger partial charge on any atom is 0.0431 e. The summed E-state index contributed by atoms with van der Waals surface area (Å²) < 4.78 is 40.0. The zero-order valence-corrected chi connectivity index (χ0v) is 11.5. The van der Waals surface area contributed by atoms with Crippen LogP contribution in [0.25, 0.3) is 0 Å². The van der Waals surface area contributed by atoms with Gasteiger partial charge >= 0.3 is 0 Å². The lowest BCUT2D eigenvalue weighted by atomic mass is 10.0. The Hall–Kier alpha value is -0.0400. The largest absolute Gasteiger partial charge is 0.396 e. The lowest BCUT2D eigenvalue weighted by Crippen LogP contribution is -1.84. The third-order valence-corrected chi connectivity index (χ3v) is 2.87. The lowest BCUT2D eigenvalue weighted by Gasteiger charge is -2.02. The van der Waals surface area contributed by atoms with E-state index in [4.69, 9.17) is 12.0 Å². The van der Waals surface area contributed by atoms with Gasteiger partial charge in [-0.1, -0.05) is 90.3 Å². The van der Waals surface area contributed by atoms with Gasteiger partial charge in [0.25, 0.3) is 0 Å². The predicted molar refractivity (Wildman–Crippen MR) is 77.4 cm³/mol. The number of aliphatic hydroxyl groups is 1. The molecule has 0 heterocycles. The molecule has 0 radical (unpaired) electrons. The second-order valence-electron chi connectivity index (χ2n) is 4.62. The third kappa shape index (κ3) is 16.0. The van der Waals surface area contributed by atoms with Crippen molar-refractivity contribution in [2.24, 2.45) is 0 Å². The molecule has 1 atom stereocenters. The number of aliphatic hydroxyl groups excluding tert-OH is 1. The van der Waals surface area contributed by atoms with E-state index in [0.29, 0.717) is 12.8 Å². The van der Waals surface area contributed by atoms with Crippen molar-refractivity contribution in [2.45, 2.75) is 96.7 Å². The van der Waals surface area contributed by atoms with E-state index in [-0.39, 0.29) is 13.0 Å². The van der Waals surface area contributed by atoms with Crippen molar-refractivity contribution >= 4 is 0 Å². The molecule has 0 aromatic carbocycles. The standard InChI is InChI=1S/C16H34O/c1-2-3-4-5-6-7-8-9-10-11-12-13-14-15-16-17/h17H,2-16H2,1H3/i6D,7D2,8D2/t6-/m0/s1. The summed E-state index contributed by atoms with van der Waals surface area (Å²) in [6.45, 7) is 2.29. The monoisotopic (exact) mass is 247 g/mol. The van der Waals surface area contributed by atoms with Gasteiger partial charge in [0.2, 0.25) is 0 Å². The Labute approximate surface area is 116 Å². The fourth-order valence-corrected chi connectivity index (χ4v) is 1.75. The fourth-order valence-electron chi connectivity index (χ4n) is 1.75. The van der Waals surface area contributed by atoms with Crippen LogP contribution in [0.5, 0.6) is 0 Å². The van der Waals surface area contributed by atoms with Crippen molar-refractivity contribution < 1.29 is 12.0 Å². The first-order chi connectivity index (χ1) is 10.3. The molecule has 0 amide bonds. The first-order valence-electron chi connectivity index (χ1n) is 9.90. The molecule has 0 unspecified atom stereocenters. The van der Waals surface area contributed by atoms with Gasteiger partial charge in [-0.05, 0) is 6.42 Å². The van der Waals surface area contributed by atoms with Gasteiger partial charge in [0.1, 0.15) is 0 Å². The molecule has 0 fully saturated rings. The van der Waals surface area contributed by atoms with E-state index in [1.807, 2.05) is 0 Å². The molecular formula is C16H34O. The first-order valence-corrected chi connectivity index (χ1v) is 7.32. The summed E-state index contributed by atoms with van der Waals surface area (Å²) in [6.07, 6.45) is 3.81. The van der Waals surface area contributed by atoms with E-state index in [1.165, 1.54) is 0 Å². The zero-order valence-electron chi connectivity index (χ0n) is 16.5. The maximum absolute atomic E-state index is 8.69. The molecular weight excluding hydrogens is 208 g/mol. The van der Waals surface area contributed by atoms with Crippen molar-refractivity contribution in [3.05, 3.63) is 0 Å². The van der Waals surface area contributed by atoms with Crippen LogP contribution >= 0.6 is 0 Å². The second kappa shape index (κ2) is 16.0. The average molecular weight is 247 g/mol. The summed E-state index contributed by atoms with van der Waals surface area (Å²) in [4.78, 5) is 0. The smallest absolute Gasteiger partial charge is 0.0431 e. The number of unbranched alkanes of at least 4 members (excludes halogenated alkanes) is 7. The minimum Gasteiger partial charge on any atom is -0.396 e. The molecule has 104 valence electrons. The summed E-state index contributed by atoms with van der Waals surface area (Å²) in [5.41, 5.74) is 0. The Morgan fingerprint density at radius 3 is 1.94 bits per heavy atom. The first kappa shape index (κ1) is 9.83. The summed E-state index contributed by atoms with van der Waals surface area (Å²) in [6, 6.07) is 0. The van der Waals surface area contributed by atoms with Crippen LogP contribution < -0.4 is 0 Å². The van der Waals surface area contributed by atoms with E-state index in [0.717, 1.165) is 51.4 Å². The zero-order chi connectivity index (χ0) is 17.1. The van der Waals surface area contributed by atoms with Gasteiger partial charge in [-0.15, -0.1) is 0 Å². The second-order valence-corrected chi connectivity index (χ2v) is 4.62. The van der Waals surface area contributed by atoms with Crippen LogP contribution in [0.15, 0.2) is 0 Å². The highest BCUT2D eigenvalue weighted by molar-refractivity contribution is 4.48. The Morgan fingerprint density at radius 2 is 1.29 bits per heavy atom. The highest BCUT2D eigenvalue weighted by Gasteiger charge is 1.93. The van der Waals surface area contributed by atoms with Crippen LogP contribution in [0.3, 0.4) is 0 Å². The van der Waals surface area contributed by atoms with Crippen LogP contribution in [0.2, 0.25) is 0 Å². The highest BCUT2D eigenvalue weighted by atomic mass is 16.2. The molecule has 0 aromatic rings. The Kier molecular flexibility index (Phi) is 9.23. The van der Waals surface area contributed by atoms with Gasteiger partial charge < -0.3 is 5.11 Å². The quantitative estimate of drug-likeness (QED) is 0.404. The summed E-state index contributed by atoms with van der Waals surface area (Å²) >= 11 is 0. The molecule has 0 aromatic heterocycles. The van der Waals surface area contributed by atoms with E-state index in [9.17, 15) is 0 Å². The third-order valence-electron chi connectivity index (χ3n) is 2.87. The molecule has 0 saturated carbocycles. The minimum atomic E-state index is -2.09. The van der Waals surface area contributed by atoms with Crippen LogP contribution in [-0.4, -0.2) is 11.7 Å². The molecule has 0 saturated heterocycles. The molecule has 0 aliphatic carbocycles. The molecule has 0 aliphatic heterocycles. The number of rotatable bonds is 14. The van der Waals surface area contributed by atoms with E-state index in [2.05, 4.69) is 6.92 Å². The Bertz CT molecular complexity index is 271. The SMILES string of the molecule is [2H][C@@H](CCCCC)C([2H])([2H])C([2H])([2H])CCCCCCCCO. The Balaban J connectivity index is 4.10. The van der Waals surface area contributed by atoms with E-state index < -0.39 is 19.1 Å². The van der Waals surface area contributed by atoms with Crippen molar-refractivity contribution in [3.63, 3.8) is 0 Å². The molecule has 1 heteroatoms. The summed E-state index contributed by atoms with van der Waals surface area (Å²) in [7, 11) is 0. The van der Waals surface area contributed by atoms with Gasteiger partial charge in [-0.2, -0.15) is 0 Å². The van der Waals surface area contributed by atoms with Gasteiger partial charge in [0.15, 0.2) is 0 Å². The molecule has 0 aliphatic rings. The van der Waals surface area contributed by atoms with Crippen molar-refractivity contribution in [2.75, 3.05) is 6.61 Å². The molecule has 0 bridgehead atoms. The number of hydrogen-bond acceptors (Lipinski definition) is 1. The summed E-state index contributed by atoms with van der Waals surface area (Å²) in [5, 5.41) is 8.69. The van der Waals surface area contributed by atoms with Gasteiger partial charge in [0.05, 0.1) is 0 Å². The number of hydrogen-bond donors (Lipinski definition) is 1. The fraction of sp³-hybridized carbons (Fsp3) is 1.00. The average Bonchev–Trinajstić information content (AvgIpc) is 2.46.